The fourth-order valence-corrected chi connectivity index (χ4v) is 3.77. The van der Waals surface area contributed by atoms with Gasteiger partial charge in [0.2, 0.25) is 0 Å². The number of benzene rings is 4. The van der Waals surface area contributed by atoms with E-state index in [9.17, 15) is 10.2 Å². The first-order chi connectivity index (χ1) is 21.2. The first kappa shape index (κ1) is 36.2. The standard InChI is InChI=1S/2C9H7.2C8H10O3.C2H6Si.Zr/c2*1-2-5-9-7-3-6-8(9)4-1;2*1-10-6-4-3-5-7(11-2)8(6)9;1-3-2;/h2*1-7H;2*3-5,9H,1-2H3;1-2H3;/q2*-1;;;;+2/p-2. The second-order valence-corrected chi connectivity index (χ2v) is 18.7. The summed E-state index contributed by atoms with van der Waals surface area (Å²) >= 11 is 1.74. The van der Waals surface area contributed by atoms with Gasteiger partial charge in [-0.15, -0.1) is 59.3 Å². The van der Waals surface area contributed by atoms with E-state index >= 15 is 0 Å². The van der Waals surface area contributed by atoms with Crippen LogP contribution in [0.1, 0.15) is 0 Å². The Hall–Kier alpha value is -4.00. The monoisotopic (exact) mass is 684 g/mol. The molecule has 0 heterocycles. The molecule has 0 aliphatic carbocycles. The quantitative estimate of drug-likeness (QED) is 0.142. The van der Waals surface area contributed by atoms with E-state index in [-0.39, 0.29) is 16.9 Å². The van der Waals surface area contributed by atoms with E-state index in [0.717, 1.165) is 0 Å². The summed E-state index contributed by atoms with van der Waals surface area (Å²) < 4.78 is 19.2. The fourth-order valence-electron chi connectivity index (χ4n) is 3.77. The molecule has 0 aliphatic rings. The third kappa shape index (κ3) is 11.9. The van der Waals surface area contributed by atoms with Gasteiger partial charge < -0.3 is 29.2 Å². The van der Waals surface area contributed by atoms with Crippen LogP contribution in [0.15, 0.2) is 121 Å². The molecular weight excluding hydrogens is 648 g/mol. The third-order valence-electron chi connectivity index (χ3n) is 5.86. The molecule has 6 rings (SSSR count). The van der Waals surface area contributed by atoms with Crippen molar-refractivity contribution in [3.63, 3.8) is 0 Å². The zero-order valence-electron chi connectivity index (χ0n) is 26.0. The molecule has 6 nitrogen and oxygen atoms in total. The molecule has 0 fully saturated rings. The van der Waals surface area contributed by atoms with Crippen LogP contribution in [0, 0.1) is 0 Å². The zero-order chi connectivity index (χ0) is 32.3. The van der Waals surface area contributed by atoms with Gasteiger partial charge in [0.15, 0.2) is 0 Å². The van der Waals surface area contributed by atoms with Gasteiger partial charge in [-0.3, -0.25) is 0 Å². The molecule has 0 saturated carbocycles. The fraction of sp³-hybridized carbons (Fsp3) is 0.167. The normalized spacial score (nSPS) is 9.45. The Morgan fingerprint density at radius 1 is 0.500 bits per heavy atom. The Kier molecular flexibility index (Phi) is 16.5. The van der Waals surface area contributed by atoms with Gasteiger partial charge in [0.1, 0.15) is 23.0 Å². The summed E-state index contributed by atoms with van der Waals surface area (Å²) in [7, 11) is 5.82. The van der Waals surface area contributed by atoms with Gasteiger partial charge in [0.05, 0.1) is 28.4 Å². The summed E-state index contributed by atoms with van der Waals surface area (Å²) in [5.74, 6) is 0.817. The largest absolute Gasteiger partial charge is 0.168 e. The van der Waals surface area contributed by atoms with E-state index in [1.165, 1.54) is 50.0 Å². The summed E-state index contributed by atoms with van der Waals surface area (Å²) in [5, 5.41) is 27.7. The van der Waals surface area contributed by atoms with Crippen molar-refractivity contribution in [2.24, 2.45) is 0 Å². The smallest absolute Gasteiger partial charge is 0.0809 e. The van der Waals surface area contributed by atoms with Crippen molar-refractivity contribution in [3.05, 3.63) is 121 Å². The second kappa shape index (κ2) is 20.0. The SMILES string of the molecule is COc1cccc(OC)c1[O-].COc1cccc(OC)c1[O-].C[Si](C)=[Zr+2].c1ccc2[cH-]ccc2c1.c1ccc2[cH-]ccc2c1. The Labute approximate surface area is 275 Å². The summed E-state index contributed by atoms with van der Waals surface area (Å²) in [6.45, 7) is 4.62. The number of methoxy groups -OCH3 is 4. The zero-order valence-corrected chi connectivity index (χ0v) is 29.5. The Bertz CT molecular complexity index is 1460. The van der Waals surface area contributed by atoms with Gasteiger partial charge in [-0.1, -0.05) is 24.3 Å². The minimum Gasteiger partial charge on any atom is -0.168 e. The molecule has 0 N–H and O–H groups in total. The van der Waals surface area contributed by atoms with Crippen LogP contribution in [0.4, 0.5) is 0 Å². The van der Waals surface area contributed by atoms with Crippen LogP contribution >= 0.6 is 0 Å². The van der Waals surface area contributed by atoms with Crippen LogP contribution in [0.25, 0.3) is 21.5 Å². The second-order valence-electron chi connectivity index (χ2n) is 9.29. The van der Waals surface area contributed by atoms with Crippen LogP contribution in [0.5, 0.6) is 34.5 Å². The molecule has 0 unspecified atom stereocenters. The van der Waals surface area contributed by atoms with Gasteiger partial charge in [0.25, 0.3) is 0 Å². The van der Waals surface area contributed by atoms with Gasteiger partial charge in [0, 0.05) is 0 Å². The van der Waals surface area contributed by atoms with Crippen molar-refractivity contribution in [1.82, 2.24) is 0 Å². The molecule has 44 heavy (non-hydrogen) atoms. The van der Waals surface area contributed by atoms with E-state index < -0.39 is 0 Å². The molecule has 0 aliphatic heterocycles. The number of hydrogen-bond acceptors (Lipinski definition) is 6. The maximum Gasteiger partial charge on any atom is -0.0809 e. The number of ether oxygens (including phenoxy) is 4. The molecule has 0 aromatic heterocycles. The number of para-hydroxylation sites is 2. The number of rotatable bonds is 4. The average molecular weight is 686 g/mol. The summed E-state index contributed by atoms with van der Waals surface area (Å²) in [6.07, 6.45) is 0. The summed E-state index contributed by atoms with van der Waals surface area (Å²) in [4.78, 5) is 0. The van der Waals surface area contributed by atoms with Gasteiger partial charge >= 0.3 is 41.9 Å². The maximum absolute atomic E-state index is 11.2. The molecule has 0 amide bonds. The molecular formula is C36H38O6SiZr-2. The average Bonchev–Trinajstić information content (AvgIpc) is 3.72. The van der Waals surface area contributed by atoms with Crippen molar-refractivity contribution < 1.29 is 52.5 Å². The molecule has 6 aromatic carbocycles. The molecule has 8 heteroatoms. The number of fused-ring (bicyclic) bond motifs is 2. The van der Waals surface area contributed by atoms with E-state index in [2.05, 4.69) is 98.0 Å². The van der Waals surface area contributed by atoms with Gasteiger partial charge in [-0.25, -0.2) is 0 Å². The maximum atomic E-state index is 11.2. The van der Waals surface area contributed by atoms with E-state index in [4.69, 9.17) is 18.9 Å². The van der Waals surface area contributed by atoms with Crippen molar-refractivity contribution in [2.45, 2.75) is 13.1 Å². The predicted molar refractivity (Wildman–Crippen MR) is 175 cm³/mol. The molecule has 0 spiro atoms. The van der Waals surface area contributed by atoms with Gasteiger partial charge in [-0.05, 0) is 35.8 Å². The Balaban J connectivity index is 0.000000197. The van der Waals surface area contributed by atoms with Crippen LogP contribution < -0.4 is 29.2 Å². The Morgan fingerprint density at radius 3 is 1.07 bits per heavy atom. The molecule has 6 aromatic rings. The van der Waals surface area contributed by atoms with Crippen LogP contribution in [-0.2, 0) is 23.3 Å². The number of hydrogen-bond donors (Lipinski definition) is 0. The van der Waals surface area contributed by atoms with Crippen LogP contribution in [0.3, 0.4) is 0 Å². The van der Waals surface area contributed by atoms with Crippen LogP contribution in [-0.4, -0.2) is 33.9 Å². The predicted octanol–water partition coefficient (Wildman–Crippen LogP) is 7.46. The third-order valence-corrected chi connectivity index (χ3v) is 5.86. The first-order valence-corrected chi connectivity index (χ1v) is 19.9. The summed E-state index contributed by atoms with van der Waals surface area (Å²) in [6, 6.07) is 39.2. The topological polar surface area (TPSA) is 83.0 Å². The molecule has 0 atom stereocenters. The van der Waals surface area contributed by atoms with Crippen LogP contribution in [0.2, 0.25) is 13.1 Å². The van der Waals surface area contributed by atoms with E-state index in [1.807, 2.05) is 0 Å². The minimum absolute atomic E-state index is 0.210. The van der Waals surface area contributed by atoms with Gasteiger partial charge in [-0.2, -0.15) is 35.0 Å². The molecule has 0 bridgehead atoms. The van der Waals surface area contributed by atoms with E-state index in [1.54, 1.807) is 59.7 Å². The van der Waals surface area contributed by atoms with E-state index in [0.29, 0.717) is 23.0 Å². The van der Waals surface area contributed by atoms with Crippen molar-refractivity contribution >= 4 is 27.0 Å². The first-order valence-electron chi connectivity index (χ1n) is 13.7. The molecule has 0 saturated heterocycles. The minimum atomic E-state index is -0.211. The molecule has 228 valence electrons. The van der Waals surface area contributed by atoms with Crippen molar-refractivity contribution in [1.29, 1.82) is 0 Å². The summed E-state index contributed by atoms with van der Waals surface area (Å²) in [5.41, 5.74) is 0.210. The van der Waals surface area contributed by atoms with Crippen molar-refractivity contribution in [2.75, 3.05) is 28.4 Å². The Morgan fingerprint density at radius 2 is 0.795 bits per heavy atom. The van der Waals surface area contributed by atoms with Crippen molar-refractivity contribution in [3.8, 4) is 34.5 Å². The molecule has 0 radical (unpaired) electrons.